The fraction of sp³-hybridized carbons (Fsp3) is 0.429. The van der Waals surface area contributed by atoms with Crippen LogP contribution in [0, 0.1) is 0 Å². The molecular weight excluding hydrogens is 310 g/mol. The molecule has 0 aliphatic rings. The summed E-state index contributed by atoms with van der Waals surface area (Å²) in [6, 6.07) is 4.85. The topological polar surface area (TPSA) is 53.6 Å². The SMILES string of the molecule is COC(=O)c1ccc(Cl)c(NC(=S)NCCCN(C)C)c1. The van der Waals surface area contributed by atoms with E-state index in [1.807, 2.05) is 14.1 Å². The lowest BCUT2D eigenvalue weighted by molar-refractivity contribution is 0.0601. The van der Waals surface area contributed by atoms with Crippen LogP contribution in [0.5, 0.6) is 0 Å². The van der Waals surface area contributed by atoms with Gasteiger partial charge in [-0.05, 0) is 57.5 Å². The van der Waals surface area contributed by atoms with Crippen LogP contribution in [-0.2, 0) is 4.74 Å². The van der Waals surface area contributed by atoms with Gasteiger partial charge in [0.05, 0.1) is 23.4 Å². The average Bonchev–Trinajstić information content (AvgIpc) is 2.45. The maximum atomic E-state index is 11.5. The van der Waals surface area contributed by atoms with Gasteiger partial charge in [0.2, 0.25) is 0 Å². The van der Waals surface area contributed by atoms with E-state index in [2.05, 4.69) is 20.3 Å². The first-order chi connectivity index (χ1) is 9.93. The van der Waals surface area contributed by atoms with Crippen LogP contribution < -0.4 is 10.6 Å². The quantitative estimate of drug-likeness (QED) is 0.475. The third-order valence-electron chi connectivity index (χ3n) is 2.70. The third kappa shape index (κ3) is 6.29. The van der Waals surface area contributed by atoms with Crippen LogP contribution in [0.4, 0.5) is 5.69 Å². The molecule has 0 aliphatic carbocycles. The predicted octanol–water partition coefficient (Wildman–Crippen LogP) is 2.36. The van der Waals surface area contributed by atoms with Gasteiger partial charge in [0.1, 0.15) is 0 Å². The first kappa shape index (κ1) is 17.7. The number of benzene rings is 1. The van der Waals surface area contributed by atoms with E-state index in [0.29, 0.717) is 21.4 Å². The van der Waals surface area contributed by atoms with E-state index in [-0.39, 0.29) is 0 Å². The number of methoxy groups -OCH3 is 1. The molecule has 0 amide bonds. The highest BCUT2D eigenvalue weighted by Crippen LogP contribution is 2.23. The standard InChI is InChI=1S/C14H20ClN3O2S/c1-18(2)8-4-7-16-14(21)17-12-9-10(13(19)20-3)5-6-11(12)15/h5-6,9H,4,7-8H2,1-3H3,(H2,16,17,21). The molecule has 0 aliphatic heterocycles. The van der Waals surface area contributed by atoms with Crippen molar-refractivity contribution in [1.82, 2.24) is 10.2 Å². The number of halogens is 1. The van der Waals surface area contributed by atoms with Crippen LogP contribution >= 0.6 is 23.8 Å². The summed E-state index contributed by atoms with van der Waals surface area (Å²) in [6.07, 6.45) is 0.977. The van der Waals surface area contributed by atoms with Crippen molar-refractivity contribution in [2.45, 2.75) is 6.42 Å². The second-order valence-corrected chi connectivity index (χ2v) is 5.54. The molecule has 1 aromatic carbocycles. The number of esters is 1. The molecule has 2 N–H and O–H groups in total. The molecule has 0 spiro atoms. The van der Waals surface area contributed by atoms with Crippen LogP contribution in [0.25, 0.3) is 0 Å². The number of hydrogen-bond donors (Lipinski definition) is 2. The summed E-state index contributed by atoms with van der Waals surface area (Å²) in [6.45, 7) is 1.74. The molecular formula is C14H20ClN3O2S. The molecule has 5 nitrogen and oxygen atoms in total. The van der Waals surface area contributed by atoms with Gasteiger partial charge in [-0.25, -0.2) is 4.79 Å². The second-order valence-electron chi connectivity index (χ2n) is 4.72. The number of carbonyl (C=O) groups is 1. The van der Waals surface area contributed by atoms with E-state index >= 15 is 0 Å². The molecule has 0 bridgehead atoms. The van der Waals surface area contributed by atoms with Crippen molar-refractivity contribution in [1.29, 1.82) is 0 Å². The fourth-order valence-corrected chi connectivity index (χ4v) is 2.01. The Labute approximate surface area is 135 Å². The van der Waals surface area contributed by atoms with Crippen molar-refractivity contribution < 1.29 is 9.53 Å². The van der Waals surface area contributed by atoms with Crippen LogP contribution in [0.15, 0.2) is 18.2 Å². The number of ether oxygens (including phenoxy) is 1. The van der Waals surface area contributed by atoms with E-state index in [4.69, 9.17) is 23.8 Å². The maximum absolute atomic E-state index is 11.5. The van der Waals surface area contributed by atoms with Gasteiger partial charge >= 0.3 is 5.97 Å². The normalized spacial score (nSPS) is 10.3. The highest BCUT2D eigenvalue weighted by atomic mass is 35.5. The van der Waals surface area contributed by atoms with Crippen LogP contribution in [0.1, 0.15) is 16.8 Å². The van der Waals surface area contributed by atoms with Crippen LogP contribution in [0.3, 0.4) is 0 Å². The molecule has 0 fully saturated rings. The lowest BCUT2D eigenvalue weighted by atomic mass is 10.2. The van der Waals surface area contributed by atoms with Crippen molar-refractivity contribution in [3.8, 4) is 0 Å². The lowest BCUT2D eigenvalue weighted by Crippen LogP contribution is -2.31. The minimum Gasteiger partial charge on any atom is -0.465 e. The van der Waals surface area contributed by atoms with E-state index in [0.717, 1.165) is 19.5 Å². The summed E-state index contributed by atoms with van der Waals surface area (Å²) in [5.41, 5.74) is 0.990. The minimum absolute atomic E-state index is 0.416. The molecule has 0 saturated heterocycles. The Kier molecular flexibility index (Phi) is 7.42. The summed E-state index contributed by atoms with van der Waals surface area (Å²) in [7, 11) is 5.38. The van der Waals surface area contributed by atoms with Gasteiger partial charge in [0.25, 0.3) is 0 Å². The average molecular weight is 330 g/mol. The molecule has 0 heterocycles. The van der Waals surface area contributed by atoms with E-state index in [9.17, 15) is 4.79 Å². The van der Waals surface area contributed by atoms with Crippen LogP contribution in [-0.4, -0.2) is 50.3 Å². The first-order valence-electron chi connectivity index (χ1n) is 6.51. The minimum atomic E-state index is -0.417. The highest BCUT2D eigenvalue weighted by molar-refractivity contribution is 7.80. The molecule has 116 valence electrons. The number of nitrogens with zero attached hydrogens (tertiary/aromatic N) is 1. The Hall–Kier alpha value is -1.37. The Morgan fingerprint density at radius 1 is 1.43 bits per heavy atom. The summed E-state index contributed by atoms with van der Waals surface area (Å²) < 4.78 is 4.68. The van der Waals surface area contributed by atoms with Gasteiger partial charge in [0, 0.05) is 6.54 Å². The molecule has 0 unspecified atom stereocenters. The first-order valence-corrected chi connectivity index (χ1v) is 7.30. The number of thiocarbonyl (C=S) groups is 1. The molecule has 0 atom stereocenters. The lowest BCUT2D eigenvalue weighted by Gasteiger charge is -2.14. The number of nitrogens with one attached hydrogen (secondary N) is 2. The summed E-state index contributed by atoms with van der Waals surface area (Å²) in [4.78, 5) is 13.6. The van der Waals surface area contributed by atoms with Gasteiger partial charge in [-0.2, -0.15) is 0 Å². The van der Waals surface area contributed by atoms with Crippen molar-refractivity contribution in [3.63, 3.8) is 0 Å². The molecule has 21 heavy (non-hydrogen) atoms. The summed E-state index contributed by atoms with van der Waals surface area (Å²) in [5.74, 6) is -0.417. The molecule has 0 saturated carbocycles. The van der Waals surface area contributed by atoms with Crippen molar-refractivity contribution >= 4 is 40.6 Å². The second kappa shape index (κ2) is 8.81. The van der Waals surface area contributed by atoms with Crippen molar-refractivity contribution in [2.75, 3.05) is 39.6 Å². The Morgan fingerprint density at radius 3 is 2.76 bits per heavy atom. The molecule has 1 aromatic rings. The molecule has 0 aromatic heterocycles. The van der Waals surface area contributed by atoms with E-state index in [1.165, 1.54) is 7.11 Å². The zero-order valence-corrected chi connectivity index (χ0v) is 14.0. The summed E-state index contributed by atoms with van der Waals surface area (Å²) in [5, 5.41) is 7.04. The number of anilines is 1. The monoisotopic (exact) mass is 329 g/mol. The predicted molar refractivity (Wildman–Crippen MR) is 90.2 cm³/mol. The maximum Gasteiger partial charge on any atom is 0.337 e. The molecule has 0 radical (unpaired) electrons. The largest absolute Gasteiger partial charge is 0.465 e. The van der Waals surface area contributed by atoms with Crippen LogP contribution in [0.2, 0.25) is 5.02 Å². The van der Waals surface area contributed by atoms with Gasteiger partial charge < -0.3 is 20.3 Å². The third-order valence-corrected chi connectivity index (χ3v) is 3.28. The Balaban J connectivity index is 2.57. The van der Waals surface area contributed by atoms with E-state index < -0.39 is 5.97 Å². The van der Waals surface area contributed by atoms with Gasteiger partial charge in [-0.3, -0.25) is 0 Å². The number of hydrogen-bond acceptors (Lipinski definition) is 4. The van der Waals surface area contributed by atoms with Gasteiger partial charge in [0.15, 0.2) is 5.11 Å². The van der Waals surface area contributed by atoms with Crippen molar-refractivity contribution in [3.05, 3.63) is 28.8 Å². The number of rotatable bonds is 6. The number of carbonyl (C=O) groups excluding carboxylic acids is 1. The molecule has 7 heteroatoms. The summed E-state index contributed by atoms with van der Waals surface area (Å²) >= 11 is 11.3. The van der Waals surface area contributed by atoms with Gasteiger partial charge in [-0.15, -0.1) is 0 Å². The molecule has 1 rings (SSSR count). The Morgan fingerprint density at radius 2 is 2.14 bits per heavy atom. The fourth-order valence-electron chi connectivity index (χ4n) is 1.63. The highest BCUT2D eigenvalue weighted by Gasteiger charge is 2.09. The van der Waals surface area contributed by atoms with Crippen molar-refractivity contribution in [2.24, 2.45) is 0 Å². The van der Waals surface area contributed by atoms with E-state index in [1.54, 1.807) is 18.2 Å². The Bertz CT molecular complexity index is 509. The smallest absolute Gasteiger partial charge is 0.337 e. The van der Waals surface area contributed by atoms with Gasteiger partial charge in [-0.1, -0.05) is 11.6 Å². The zero-order valence-electron chi connectivity index (χ0n) is 12.4. The zero-order chi connectivity index (χ0) is 15.8.